The number of ether oxygens (including phenoxy) is 1. The van der Waals surface area contributed by atoms with Crippen LogP contribution in [0.5, 0.6) is 5.75 Å². The van der Waals surface area contributed by atoms with Crippen LogP contribution >= 0.6 is 0 Å². The van der Waals surface area contributed by atoms with Gasteiger partial charge in [0.1, 0.15) is 17.6 Å². The molecule has 0 aromatic heterocycles. The fraction of sp³-hybridized carbons (Fsp3) is 0.652. The summed E-state index contributed by atoms with van der Waals surface area (Å²) in [5, 5.41) is 9.36. The zero-order chi connectivity index (χ0) is 20.2. The summed E-state index contributed by atoms with van der Waals surface area (Å²) in [6, 6.07) is 2.13. The molecule has 1 aromatic rings. The van der Waals surface area contributed by atoms with E-state index in [0.29, 0.717) is 37.7 Å². The van der Waals surface area contributed by atoms with Crippen LogP contribution in [0.2, 0.25) is 0 Å². The van der Waals surface area contributed by atoms with Crippen molar-refractivity contribution in [3.8, 4) is 5.75 Å². The summed E-state index contributed by atoms with van der Waals surface area (Å²) in [4.78, 5) is 25.7. The van der Waals surface area contributed by atoms with Gasteiger partial charge in [0.05, 0.1) is 12.2 Å². The van der Waals surface area contributed by atoms with Crippen LogP contribution in [0.15, 0.2) is 12.1 Å². The SMILES string of the molecule is O=C(O)C1CCCN1C(=O)c1cc(C2CC2)c(OCC23CCCCC2C3)cc1F. The van der Waals surface area contributed by atoms with Crippen molar-refractivity contribution in [2.75, 3.05) is 13.2 Å². The molecule has 3 atom stereocenters. The van der Waals surface area contributed by atoms with E-state index in [1.54, 1.807) is 6.07 Å². The molecule has 1 aromatic carbocycles. The number of carboxylic acids is 1. The van der Waals surface area contributed by atoms with E-state index in [1.807, 2.05) is 0 Å². The molecule has 1 aliphatic heterocycles. The minimum atomic E-state index is -1.02. The first kappa shape index (κ1) is 18.9. The monoisotopic (exact) mass is 401 g/mol. The van der Waals surface area contributed by atoms with Crippen LogP contribution < -0.4 is 4.74 Å². The quantitative estimate of drug-likeness (QED) is 0.770. The van der Waals surface area contributed by atoms with Crippen molar-refractivity contribution in [3.05, 3.63) is 29.1 Å². The molecule has 4 fully saturated rings. The van der Waals surface area contributed by atoms with Gasteiger partial charge >= 0.3 is 5.97 Å². The van der Waals surface area contributed by atoms with Gasteiger partial charge in [-0.15, -0.1) is 0 Å². The number of carbonyl (C=O) groups excluding carboxylic acids is 1. The smallest absolute Gasteiger partial charge is 0.326 e. The normalized spacial score (nSPS) is 30.7. The highest BCUT2D eigenvalue weighted by Gasteiger charge is 2.55. The molecule has 3 saturated carbocycles. The molecule has 0 bridgehead atoms. The molecule has 1 amide bonds. The van der Waals surface area contributed by atoms with Crippen molar-refractivity contribution in [1.82, 2.24) is 4.90 Å². The first-order valence-corrected chi connectivity index (χ1v) is 11.0. The standard InChI is InChI=1S/C23H28FNO4/c24-18-11-20(29-13-23-8-2-1-4-15(23)12-23)16(14-6-7-14)10-17(18)21(26)25-9-3-5-19(25)22(27)28/h10-11,14-15,19H,1-9,12-13H2,(H,27,28). The maximum atomic E-state index is 14.9. The van der Waals surface area contributed by atoms with E-state index in [0.717, 1.165) is 24.3 Å². The fourth-order valence-corrected chi connectivity index (χ4v) is 5.48. The molecule has 0 radical (unpaired) electrons. The number of aliphatic carboxylic acids is 1. The summed E-state index contributed by atoms with van der Waals surface area (Å²) < 4.78 is 21.1. The van der Waals surface area contributed by atoms with Crippen LogP contribution in [-0.2, 0) is 4.79 Å². The van der Waals surface area contributed by atoms with Crippen LogP contribution in [0, 0.1) is 17.2 Å². The highest BCUT2D eigenvalue weighted by molar-refractivity contribution is 5.97. The Labute approximate surface area is 170 Å². The number of nitrogens with zero attached hydrogens (tertiary/aromatic N) is 1. The summed E-state index contributed by atoms with van der Waals surface area (Å²) in [6.07, 6.45) is 9.33. The fourth-order valence-electron chi connectivity index (χ4n) is 5.48. The highest BCUT2D eigenvalue weighted by atomic mass is 19.1. The Hall–Kier alpha value is -2.11. The van der Waals surface area contributed by atoms with Crippen LogP contribution in [0.4, 0.5) is 4.39 Å². The van der Waals surface area contributed by atoms with Crippen LogP contribution in [-0.4, -0.2) is 41.1 Å². The Morgan fingerprint density at radius 1 is 1.17 bits per heavy atom. The Balaban J connectivity index is 1.38. The average molecular weight is 401 g/mol. The van der Waals surface area contributed by atoms with Gasteiger partial charge in [-0.3, -0.25) is 4.79 Å². The maximum Gasteiger partial charge on any atom is 0.326 e. The van der Waals surface area contributed by atoms with E-state index in [4.69, 9.17) is 4.74 Å². The minimum Gasteiger partial charge on any atom is -0.493 e. The molecule has 0 spiro atoms. The van der Waals surface area contributed by atoms with Gasteiger partial charge in [0.2, 0.25) is 0 Å². The maximum absolute atomic E-state index is 14.9. The molecule has 1 heterocycles. The van der Waals surface area contributed by atoms with E-state index in [1.165, 1.54) is 43.1 Å². The Bertz CT molecular complexity index is 852. The highest BCUT2D eigenvalue weighted by Crippen LogP contribution is 2.61. The molecule has 1 N–H and O–H groups in total. The lowest BCUT2D eigenvalue weighted by molar-refractivity contribution is -0.141. The molecule has 4 aliphatic rings. The zero-order valence-corrected chi connectivity index (χ0v) is 16.7. The second-order valence-corrected chi connectivity index (χ2v) is 9.44. The number of amides is 1. The van der Waals surface area contributed by atoms with E-state index in [-0.39, 0.29) is 11.0 Å². The number of carboxylic acid groups (broad SMARTS) is 1. The van der Waals surface area contributed by atoms with Gasteiger partial charge in [-0.25, -0.2) is 9.18 Å². The van der Waals surface area contributed by atoms with Crippen molar-refractivity contribution in [1.29, 1.82) is 0 Å². The summed E-state index contributed by atoms with van der Waals surface area (Å²) in [7, 11) is 0. The predicted octanol–water partition coefficient (Wildman–Crippen LogP) is 4.35. The summed E-state index contributed by atoms with van der Waals surface area (Å²) >= 11 is 0. The van der Waals surface area contributed by atoms with Crippen LogP contribution in [0.3, 0.4) is 0 Å². The third-order valence-corrected chi connectivity index (χ3v) is 7.50. The van der Waals surface area contributed by atoms with Crippen molar-refractivity contribution in [3.63, 3.8) is 0 Å². The van der Waals surface area contributed by atoms with Gasteiger partial charge in [0.25, 0.3) is 5.91 Å². The van der Waals surface area contributed by atoms with Gasteiger partial charge in [0.15, 0.2) is 0 Å². The number of likely N-dealkylation sites (tertiary alicyclic amines) is 1. The molecule has 3 unspecified atom stereocenters. The van der Waals surface area contributed by atoms with E-state index >= 15 is 0 Å². The summed E-state index contributed by atoms with van der Waals surface area (Å²) in [5.74, 6) is -0.514. The number of rotatable bonds is 6. The lowest BCUT2D eigenvalue weighted by atomic mass is 9.89. The first-order chi connectivity index (χ1) is 14.0. The van der Waals surface area contributed by atoms with Gasteiger partial charge in [0, 0.05) is 18.0 Å². The number of hydrogen-bond acceptors (Lipinski definition) is 3. The van der Waals surface area contributed by atoms with Gasteiger partial charge in [-0.05, 0) is 68.4 Å². The third kappa shape index (κ3) is 3.40. The number of fused-ring (bicyclic) bond motifs is 1. The molecule has 5 rings (SSSR count). The lowest BCUT2D eigenvalue weighted by Crippen LogP contribution is -2.40. The van der Waals surface area contributed by atoms with E-state index in [9.17, 15) is 19.1 Å². The number of carbonyl (C=O) groups is 2. The van der Waals surface area contributed by atoms with Crippen molar-refractivity contribution < 1.29 is 23.8 Å². The third-order valence-electron chi connectivity index (χ3n) is 7.50. The number of hydrogen-bond donors (Lipinski definition) is 1. The van der Waals surface area contributed by atoms with Crippen molar-refractivity contribution in [2.45, 2.75) is 69.7 Å². The van der Waals surface area contributed by atoms with Crippen molar-refractivity contribution >= 4 is 11.9 Å². The first-order valence-electron chi connectivity index (χ1n) is 11.0. The molecule has 1 saturated heterocycles. The summed E-state index contributed by atoms with van der Waals surface area (Å²) in [5.41, 5.74) is 1.17. The molecule has 5 nitrogen and oxygen atoms in total. The molecule has 29 heavy (non-hydrogen) atoms. The predicted molar refractivity (Wildman–Crippen MR) is 105 cm³/mol. The largest absolute Gasteiger partial charge is 0.493 e. The summed E-state index contributed by atoms with van der Waals surface area (Å²) in [6.45, 7) is 0.994. The molecular formula is C23H28FNO4. The van der Waals surface area contributed by atoms with E-state index in [2.05, 4.69) is 0 Å². The van der Waals surface area contributed by atoms with Crippen molar-refractivity contribution in [2.24, 2.45) is 11.3 Å². The Morgan fingerprint density at radius 3 is 2.72 bits per heavy atom. The minimum absolute atomic E-state index is 0.0208. The zero-order valence-electron chi connectivity index (χ0n) is 16.7. The van der Waals surface area contributed by atoms with Gasteiger partial charge in [-0.2, -0.15) is 0 Å². The average Bonchev–Trinajstić information content (AvgIpc) is 3.61. The Morgan fingerprint density at radius 2 is 2.00 bits per heavy atom. The van der Waals surface area contributed by atoms with Crippen LogP contribution in [0.1, 0.15) is 79.6 Å². The van der Waals surface area contributed by atoms with E-state index < -0.39 is 23.7 Å². The Kier molecular flexibility index (Phi) is 4.56. The number of benzene rings is 1. The van der Waals surface area contributed by atoms with Gasteiger partial charge in [-0.1, -0.05) is 12.8 Å². The topological polar surface area (TPSA) is 66.8 Å². The second-order valence-electron chi connectivity index (χ2n) is 9.44. The molecular weight excluding hydrogens is 373 g/mol. The van der Waals surface area contributed by atoms with Gasteiger partial charge < -0.3 is 14.7 Å². The van der Waals surface area contributed by atoms with Crippen LogP contribution in [0.25, 0.3) is 0 Å². The molecule has 156 valence electrons. The number of halogens is 1. The molecule has 3 aliphatic carbocycles. The second kappa shape index (κ2) is 6.99. The molecule has 6 heteroatoms. The lowest BCUT2D eigenvalue weighted by Gasteiger charge is -2.24.